The lowest BCUT2D eigenvalue weighted by atomic mass is 10.0. The number of benzene rings is 3. The lowest BCUT2D eigenvalue weighted by Gasteiger charge is -2.37. The van der Waals surface area contributed by atoms with Crippen LogP contribution in [0.4, 0.5) is 10.6 Å². The smallest absolute Gasteiger partial charge is 0.423 e. The first kappa shape index (κ1) is 25.7. The Labute approximate surface area is 227 Å². The number of piperidine rings is 1. The minimum absolute atomic E-state index is 0.0170. The molecule has 1 fully saturated rings. The van der Waals surface area contributed by atoms with Gasteiger partial charge in [-0.1, -0.05) is 78.0 Å². The molecule has 4 aromatic rings. The van der Waals surface area contributed by atoms with Crippen LogP contribution in [-0.2, 0) is 11.3 Å². The van der Waals surface area contributed by atoms with Crippen molar-refractivity contribution in [1.82, 2.24) is 24.8 Å². The van der Waals surface area contributed by atoms with Gasteiger partial charge in [-0.25, -0.2) is 4.79 Å². The lowest BCUT2D eigenvalue weighted by Crippen LogP contribution is -2.49. The molecule has 1 aliphatic rings. The number of carbonyl (C=O) groups is 2. The highest BCUT2D eigenvalue weighted by Gasteiger charge is 2.34. The fourth-order valence-corrected chi connectivity index (χ4v) is 4.79. The molecule has 3 aromatic carbocycles. The van der Waals surface area contributed by atoms with E-state index < -0.39 is 6.03 Å². The topological polar surface area (TPSA) is 84.9 Å². The van der Waals surface area contributed by atoms with Crippen LogP contribution in [0.3, 0.4) is 0 Å². The summed E-state index contributed by atoms with van der Waals surface area (Å²) in [7, 11) is 0. The molecule has 0 bridgehead atoms. The van der Waals surface area contributed by atoms with Gasteiger partial charge in [0.15, 0.2) is 0 Å². The number of hydrogen-bond acceptors (Lipinski definition) is 5. The van der Waals surface area contributed by atoms with Crippen LogP contribution >= 0.6 is 0 Å². The Balaban J connectivity index is 1.48. The van der Waals surface area contributed by atoms with Gasteiger partial charge in [0.05, 0.1) is 0 Å². The first-order valence-corrected chi connectivity index (χ1v) is 12.8. The van der Waals surface area contributed by atoms with E-state index in [1.807, 2.05) is 72.8 Å². The molecule has 9 nitrogen and oxygen atoms in total. The van der Waals surface area contributed by atoms with E-state index in [9.17, 15) is 9.59 Å². The van der Waals surface area contributed by atoms with E-state index in [0.29, 0.717) is 49.5 Å². The zero-order valence-corrected chi connectivity index (χ0v) is 21.6. The highest BCUT2D eigenvalue weighted by Crippen LogP contribution is 2.37. The number of nitrogens with zero attached hydrogens (tertiary/aromatic N) is 6. The standard InChI is InChI=1S/C30H28N6O3/c1-22(37)34-19-17-24(18-20-34)35(21-23-11-5-3-6-12-23)30(38)36-29(31-2)28(32-33-36)26-15-9-10-16-27(26)39-25-13-7-4-8-14-25/h3-16,24H,17-21H2,1H3. The van der Waals surface area contributed by atoms with Crippen molar-refractivity contribution >= 4 is 17.8 Å². The van der Waals surface area contributed by atoms with E-state index in [-0.39, 0.29) is 23.5 Å². The van der Waals surface area contributed by atoms with Crippen molar-refractivity contribution in [2.24, 2.45) is 0 Å². The molecular weight excluding hydrogens is 492 g/mol. The van der Waals surface area contributed by atoms with Crippen molar-refractivity contribution in [3.63, 3.8) is 0 Å². The average molecular weight is 521 g/mol. The van der Waals surface area contributed by atoms with Gasteiger partial charge >= 0.3 is 6.03 Å². The number of rotatable bonds is 6. The summed E-state index contributed by atoms with van der Waals surface area (Å²) in [5.74, 6) is 1.19. The van der Waals surface area contributed by atoms with Gasteiger partial charge in [-0.2, -0.15) is 0 Å². The quantitative estimate of drug-likeness (QED) is 0.301. The van der Waals surface area contributed by atoms with Crippen molar-refractivity contribution in [1.29, 1.82) is 0 Å². The fraction of sp³-hybridized carbons (Fsp3) is 0.233. The van der Waals surface area contributed by atoms with Crippen molar-refractivity contribution in [3.8, 4) is 22.8 Å². The molecule has 0 spiro atoms. The zero-order chi connectivity index (χ0) is 27.2. The molecule has 0 unspecified atom stereocenters. The van der Waals surface area contributed by atoms with Crippen molar-refractivity contribution in [2.75, 3.05) is 13.1 Å². The van der Waals surface area contributed by atoms with Crippen LogP contribution in [0.1, 0.15) is 25.3 Å². The Morgan fingerprint density at radius 2 is 1.62 bits per heavy atom. The molecule has 39 heavy (non-hydrogen) atoms. The van der Waals surface area contributed by atoms with Gasteiger partial charge in [0.25, 0.3) is 5.82 Å². The van der Waals surface area contributed by atoms with E-state index >= 15 is 0 Å². The summed E-state index contributed by atoms with van der Waals surface area (Å²) in [6.45, 7) is 11.0. The predicted molar refractivity (Wildman–Crippen MR) is 146 cm³/mol. The minimum Gasteiger partial charge on any atom is -0.457 e. The summed E-state index contributed by atoms with van der Waals surface area (Å²) in [6, 6.07) is 25.7. The fourth-order valence-electron chi connectivity index (χ4n) is 4.79. The second-order valence-corrected chi connectivity index (χ2v) is 9.33. The maximum absolute atomic E-state index is 14.0. The van der Waals surface area contributed by atoms with Gasteiger partial charge in [-0.05, 0) is 36.6 Å². The number of amides is 2. The number of ether oxygens (including phenoxy) is 1. The predicted octanol–water partition coefficient (Wildman–Crippen LogP) is 5.77. The van der Waals surface area contributed by atoms with E-state index in [2.05, 4.69) is 15.2 Å². The van der Waals surface area contributed by atoms with Gasteiger partial charge in [0, 0.05) is 43.4 Å². The third kappa shape index (κ3) is 5.65. The first-order chi connectivity index (χ1) is 19.0. The molecule has 0 radical (unpaired) electrons. The molecule has 9 heteroatoms. The van der Waals surface area contributed by atoms with E-state index in [4.69, 9.17) is 11.3 Å². The van der Waals surface area contributed by atoms with Crippen LogP contribution in [0, 0.1) is 6.57 Å². The van der Waals surface area contributed by atoms with Crippen molar-refractivity contribution in [3.05, 3.63) is 102 Å². The molecule has 1 saturated heterocycles. The lowest BCUT2D eigenvalue weighted by molar-refractivity contribution is -0.130. The van der Waals surface area contributed by atoms with E-state index in [1.165, 1.54) is 0 Å². The second kappa shape index (κ2) is 11.6. The third-order valence-electron chi connectivity index (χ3n) is 6.84. The SMILES string of the molecule is [C-]#[N+]c1c(-c2ccccc2Oc2ccccc2)nnn1C(=O)N(Cc1ccccc1)C1CCN(C(C)=O)CC1. The summed E-state index contributed by atoms with van der Waals surface area (Å²) in [5, 5.41) is 8.42. The Morgan fingerprint density at radius 1 is 0.974 bits per heavy atom. The Bertz CT molecular complexity index is 1490. The summed E-state index contributed by atoms with van der Waals surface area (Å²) in [5.41, 5.74) is 1.80. The molecule has 196 valence electrons. The van der Waals surface area contributed by atoms with Crippen LogP contribution in [-0.4, -0.2) is 55.9 Å². The molecule has 0 aliphatic carbocycles. The molecule has 1 aromatic heterocycles. The number of para-hydroxylation sites is 2. The molecule has 0 N–H and O–H groups in total. The Hall–Kier alpha value is -4.97. The summed E-state index contributed by atoms with van der Waals surface area (Å²) in [6.07, 6.45) is 1.28. The molecule has 0 atom stereocenters. The van der Waals surface area contributed by atoms with Gasteiger partial charge in [-0.3, -0.25) is 9.69 Å². The zero-order valence-electron chi connectivity index (χ0n) is 21.6. The maximum Gasteiger partial charge on any atom is 0.423 e. The summed E-state index contributed by atoms with van der Waals surface area (Å²) < 4.78 is 7.16. The van der Waals surface area contributed by atoms with Gasteiger partial charge in [0.1, 0.15) is 17.2 Å². The minimum atomic E-state index is -0.425. The van der Waals surface area contributed by atoms with E-state index in [1.54, 1.807) is 28.9 Å². The van der Waals surface area contributed by atoms with Crippen molar-refractivity contribution < 1.29 is 14.3 Å². The number of hydrogen-bond donors (Lipinski definition) is 0. The largest absolute Gasteiger partial charge is 0.457 e. The summed E-state index contributed by atoms with van der Waals surface area (Å²) in [4.78, 5) is 33.1. The Morgan fingerprint density at radius 3 is 2.28 bits per heavy atom. The van der Waals surface area contributed by atoms with Crippen molar-refractivity contribution in [2.45, 2.75) is 32.4 Å². The molecule has 2 amide bonds. The normalized spacial score (nSPS) is 13.5. The van der Waals surface area contributed by atoms with Crippen LogP contribution in [0.15, 0.2) is 84.9 Å². The molecule has 5 rings (SSSR count). The number of aromatic nitrogens is 3. The molecule has 1 aliphatic heterocycles. The van der Waals surface area contributed by atoms with E-state index in [0.717, 1.165) is 10.2 Å². The average Bonchev–Trinajstić information content (AvgIpc) is 3.41. The second-order valence-electron chi connectivity index (χ2n) is 9.33. The summed E-state index contributed by atoms with van der Waals surface area (Å²) >= 11 is 0. The number of carbonyl (C=O) groups excluding carboxylic acids is 2. The highest BCUT2D eigenvalue weighted by atomic mass is 16.5. The van der Waals surface area contributed by atoms with Gasteiger partial charge < -0.3 is 14.5 Å². The van der Waals surface area contributed by atoms with Crippen LogP contribution in [0.2, 0.25) is 0 Å². The Kier molecular flexibility index (Phi) is 7.64. The molecule has 2 heterocycles. The van der Waals surface area contributed by atoms with Crippen LogP contribution in [0.25, 0.3) is 16.1 Å². The van der Waals surface area contributed by atoms with Crippen LogP contribution < -0.4 is 4.74 Å². The van der Waals surface area contributed by atoms with Gasteiger partial charge in [0.2, 0.25) is 5.91 Å². The first-order valence-electron chi connectivity index (χ1n) is 12.8. The van der Waals surface area contributed by atoms with Crippen LogP contribution in [0.5, 0.6) is 11.5 Å². The molecular formula is C30H28N6O3. The molecule has 0 saturated carbocycles. The maximum atomic E-state index is 14.0. The third-order valence-corrected chi connectivity index (χ3v) is 6.84. The monoisotopic (exact) mass is 520 g/mol. The highest BCUT2D eigenvalue weighted by molar-refractivity contribution is 5.86. The van der Waals surface area contributed by atoms with Gasteiger partial charge in [-0.15, -0.1) is 5.10 Å². The number of likely N-dealkylation sites (tertiary alicyclic amines) is 1.